The number of fused-ring (bicyclic) bond motifs is 1. The van der Waals surface area contributed by atoms with Crippen LogP contribution < -0.4 is 0 Å². The molecule has 4 nitrogen and oxygen atoms in total. The Balaban J connectivity index is 0.000000500. The Morgan fingerprint density at radius 2 is 2.50 bits per heavy atom. The van der Waals surface area contributed by atoms with Gasteiger partial charge in [-0.2, -0.15) is 6.07 Å². The quantitative estimate of drug-likeness (QED) is 0.629. The standard InChI is InChI=1S/C5H5N4.Y/c1-4-7-5-2-3-6-9(5)8-4;/h2H,1H3,(H,7,8);/q-1;. The van der Waals surface area contributed by atoms with Gasteiger partial charge in [0.05, 0.1) is 0 Å². The van der Waals surface area contributed by atoms with Crippen LogP contribution in [-0.4, -0.2) is 19.8 Å². The molecule has 1 N–H and O–H groups in total. The Morgan fingerprint density at radius 3 is 3.20 bits per heavy atom. The second-order valence-electron chi connectivity index (χ2n) is 1.85. The van der Waals surface area contributed by atoms with Crippen molar-refractivity contribution in [2.45, 2.75) is 6.92 Å². The summed E-state index contributed by atoms with van der Waals surface area (Å²) in [6.45, 7) is 1.88. The van der Waals surface area contributed by atoms with E-state index in [2.05, 4.69) is 21.4 Å². The van der Waals surface area contributed by atoms with E-state index >= 15 is 0 Å². The third kappa shape index (κ3) is 1.13. The number of hydrogen-bond acceptors (Lipinski definition) is 2. The summed E-state index contributed by atoms with van der Waals surface area (Å²) in [5.41, 5.74) is 0.813. The van der Waals surface area contributed by atoms with E-state index in [1.807, 2.05) is 6.92 Å². The molecule has 1 radical (unpaired) electrons. The van der Waals surface area contributed by atoms with Crippen LogP contribution in [0.15, 0.2) is 6.07 Å². The van der Waals surface area contributed by atoms with Crippen LogP contribution in [0.1, 0.15) is 5.82 Å². The first-order valence-electron chi connectivity index (χ1n) is 2.65. The average Bonchev–Trinajstić information content (AvgIpc) is 2.22. The second-order valence-corrected chi connectivity index (χ2v) is 1.85. The minimum Gasteiger partial charge on any atom is -0.311 e. The molecule has 0 bridgehead atoms. The zero-order valence-electron chi connectivity index (χ0n) is 5.50. The van der Waals surface area contributed by atoms with Gasteiger partial charge in [0.15, 0.2) is 0 Å². The van der Waals surface area contributed by atoms with Crippen molar-refractivity contribution in [1.82, 2.24) is 19.8 Å². The molecule has 0 saturated heterocycles. The van der Waals surface area contributed by atoms with Gasteiger partial charge >= 0.3 is 0 Å². The summed E-state index contributed by atoms with van der Waals surface area (Å²) in [6.07, 6.45) is 2.66. The van der Waals surface area contributed by atoms with Crippen LogP contribution in [-0.2, 0) is 32.7 Å². The van der Waals surface area contributed by atoms with Crippen LogP contribution in [0.3, 0.4) is 0 Å². The Labute approximate surface area is 82.9 Å². The van der Waals surface area contributed by atoms with E-state index in [0.29, 0.717) is 0 Å². The van der Waals surface area contributed by atoms with Crippen LogP contribution in [0, 0.1) is 13.1 Å². The van der Waals surface area contributed by atoms with Gasteiger partial charge in [0.1, 0.15) is 5.82 Å². The van der Waals surface area contributed by atoms with Crippen LogP contribution >= 0.6 is 0 Å². The van der Waals surface area contributed by atoms with Crippen molar-refractivity contribution in [2.24, 2.45) is 0 Å². The number of nitrogens with one attached hydrogen (secondary N) is 1. The zero-order valence-corrected chi connectivity index (χ0v) is 8.33. The van der Waals surface area contributed by atoms with Gasteiger partial charge in [-0.25, -0.2) is 0 Å². The maximum atomic E-state index is 4.09. The predicted octanol–water partition coefficient (Wildman–Crippen LogP) is 0.164. The predicted molar refractivity (Wildman–Crippen MR) is 30.9 cm³/mol. The number of nitrogens with zero attached hydrogens (tertiary/aromatic N) is 3. The van der Waals surface area contributed by atoms with Gasteiger partial charge in [0.2, 0.25) is 0 Å². The Morgan fingerprint density at radius 1 is 1.70 bits per heavy atom. The molecule has 0 unspecified atom stereocenters. The first kappa shape index (κ1) is 7.89. The van der Waals surface area contributed by atoms with Crippen molar-refractivity contribution in [3.8, 4) is 0 Å². The molecule has 2 heterocycles. The Bertz CT molecular complexity index is 294. The molecule has 2 aromatic heterocycles. The van der Waals surface area contributed by atoms with Crippen LogP contribution in [0.4, 0.5) is 0 Å². The van der Waals surface area contributed by atoms with Crippen molar-refractivity contribution in [3.05, 3.63) is 18.1 Å². The molecule has 0 amide bonds. The summed E-state index contributed by atoms with van der Waals surface area (Å²) < 4.78 is 1.58. The van der Waals surface area contributed by atoms with Crippen molar-refractivity contribution in [1.29, 1.82) is 0 Å². The molecule has 0 saturated carbocycles. The van der Waals surface area contributed by atoms with E-state index in [4.69, 9.17) is 0 Å². The molecule has 0 aromatic carbocycles. The average molecular weight is 210 g/mol. The van der Waals surface area contributed by atoms with Crippen molar-refractivity contribution in [3.63, 3.8) is 0 Å². The maximum absolute atomic E-state index is 4.09. The molecule has 0 aliphatic carbocycles. The van der Waals surface area contributed by atoms with Gasteiger partial charge in [-0.15, -0.1) is 6.20 Å². The van der Waals surface area contributed by atoms with Gasteiger partial charge < -0.3 is 4.98 Å². The van der Waals surface area contributed by atoms with Gasteiger partial charge in [-0.3, -0.25) is 14.8 Å². The van der Waals surface area contributed by atoms with E-state index in [-0.39, 0.29) is 32.7 Å². The first-order chi connectivity index (χ1) is 4.36. The minimum absolute atomic E-state index is 0. The third-order valence-electron chi connectivity index (χ3n) is 1.12. The second kappa shape index (κ2) is 2.80. The van der Waals surface area contributed by atoms with E-state index in [1.165, 1.54) is 0 Å². The van der Waals surface area contributed by atoms with Gasteiger partial charge in [0, 0.05) is 38.4 Å². The van der Waals surface area contributed by atoms with Gasteiger partial charge in [-0.1, -0.05) is 0 Å². The normalized spacial score (nSPS) is 9.70. The number of aromatic nitrogens is 4. The summed E-state index contributed by atoms with van der Waals surface area (Å²) in [4.78, 5) is 4.09. The van der Waals surface area contributed by atoms with Crippen molar-refractivity contribution < 1.29 is 32.7 Å². The molecular weight excluding hydrogens is 205 g/mol. The fourth-order valence-corrected chi connectivity index (χ4v) is 0.769. The van der Waals surface area contributed by atoms with Crippen LogP contribution in [0.5, 0.6) is 0 Å². The van der Waals surface area contributed by atoms with E-state index < -0.39 is 0 Å². The summed E-state index contributed by atoms with van der Waals surface area (Å²) in [7, 11) is 0. The molecule has 0 atom stereocenters. The van der Waals surface area contributed by atoms with E-state index in [9.17, 15) is 0 Å². The SMILES string of the molecule is Cc1nc2c[c-]nn2[nH]1.[Y]. The number of rotatable bonds is 0. The van der Waals surface area contributed by atoms with Gasteiger partial charge in [0.25, 0.3) is 0 Å². The minimum atomic E-state index is 0. The molecule has 0 spiro atoms. The van der Waals surface area contributed by atoms with E-state index in [1.54, 1.807) is 10.7 Å². The van der Waals surface area contributed by atoms with Crippen molar-refractivity contribution >= 4 is 5.65 Å². The Hall–Kier alpha value is -0.216. The molecule has 49 valence electrons. The molecule has 10 heavy (non-hydrogen) atoms. The smallest absolute Gasteiger partial charge is 0.100 e. The molecule has 0 fully saturated rings. The molecule has 2 rings (SSSR count). The third-order valence-corrected chi connectivity index (χ3v) is 1.12. The van der Waals surface area contributed by atoms with Crippen LogP contribution in [0.2, 0.25) is 0 Å². The molecule has 0 aliphatic rings. The van der Waals surface area contributed by atoms with Crippen molar-refractivity contribution in [2.75, 3.05) is 0 Å². The monoisotopic (exact) mass is 210 g/mol. The zero-order chi connectivity index (χ0) is 6.27. The summed E-state index contributed by atoms with van der Waals surface area (Å²) >= 11 is 0. The summed E-state index contributed by atoms with van der Waals surface area (Å²) in [5.74, 6) is 0.867. The molecular formula is C5H5N4Y-. The van der Waals surface area contributed by atoms with Crippen LogP contribution in [0.25, 0.3) is 5.65 Å². The molecule has 2 aromatic rings. The first-order valence-corrected chi connectivity index (χ1v) is 2.65. The Kier molecular flexibility index (Phi) is 2.21. The molecule has 5 heteroatoms. The summed E-state index contributed by atoms with van der Waals surface area (Å²) in [5, 5.41) is 6.71. The number of hydrogen-bond donors (Lipinski definition) is 1. The van der Waals surface area contributed by atoms with E-state index in [0.717, 1.165) is 11.5 Å². The topological polar surface area (TPSA) is 46.0 Å². The number of H-pyrrole nitrogens is 1. The maximum Gasteiger partial charge on any atom is 0.100 e. The number of aryl methyl sites for hydroxylation is 1. The van der Waals surface area contributed by atoms with Gasteiger partial charge in [-0.05, 0) is 6.92 Å². The largest absolute Gasteiger partial charge is 0.311 e. The number of aromatic amines is 1. The fraction of sp³-hybridized carbons (Fsp3) is 0.200. The summed E-state index contributed by atoms with van der Waals surface area (Å²) in [6, 6.07) is 1.73. The fourth-order valence-electron chi connectivity index (χ4n) is 0.769. The molecule has 0 aliphatic heterocycles.